The molecule has 0 fully saturated rings. The maximum Gasteiger partial charge on any atom is 0.227 e. The van der Waals surface area contributed by atoms with Gasteiger partial charge in [0.15, 0.2) is 45.9 Å². The highest BCUT2D eigenvalue weighted by molar-refractivity contribution is 5.97. The van der Waals surface area contributed by atoms with Crippen LogP contribution in [0.15, 0.2) is 22.9 Å². The average molecular weight is 410 g/mol. The molecule has 0 amide bonds. The zero-order chi connectivity index (χ0) is 21.7. The molecule has 4 rings (SSSR count). The zero-order valence-corrected chi connectivity index (χ0v) is 14.1. The first-order valence-electron chi connectivity index (χ1n) is 7.72. The van der Waals surface area contributed by atoms with Gasteiger partial charge in [0.1, 0.15) is 35.7 Å². The van der Waals surface area contributed by atoms with Crippen molar-refractivity contribution in [2.45, 2.75) is 0 Å². The van der Waals surface area contributed by atoms with E-state index in [1.807, 2.05) is 0 Å². The van der Waals surface area contributed by atoms with E-state index in [1.54, 1.807) is 0 Å². The average Bonchev–Trinajstić information content (AvgIpc) is 3.37. The molecule has 144 valence electrons. The standard InChI is InChI=1S/C18H2F4N6O2/c19-9-7-8(11(21)15-13(9)27-17(29-15)5(1-23)2-24)10(20)14-16(12(7)22)30-18(28-14)6(3-25)4-26/h27-28H. The summed E-state index contributed by atoms with van der Waals surface area (Å²) < 4.78 is 69.9. The molecule has 2 aromatic carbocycles. The number of hydrogen-bond donors (Lipinski definition) is 2. The van der Waals surface area contributed by atoms with Crippen LogP contribution in [-0.2, 0) is 0 Å². The number of fused-ring (bicyclic) bond motifs is 3. The van der Waals surface area contributed by atoms with Gasteiger partial charge in [0, 0.05) is 0 Å². The monoisotopic (exact) mass is 410 g/mol. The number of nitriles is 4. The van der Waals surface area contributed by atoms with Gasteiger partial charge in [-0.3, -0.25) is 0 Å². The molecule has 0 atom stereocenters. The molecule has 2 aromatic rings. The summed E-state index contributed by atoms with van der Waals surface area (Å²) in [4.78, 5) is 0. The molecule has 0 bridgehead atoms. The number of anilines is 2. The third kappa shape index (κ3) is 2.22. The summed E-state index contributed by atoms with van der Waals surface area (Å²) in [5.74, 6) is -8.98. The third-order valence-corrected chi connectivity index (χ3v) is 4.21. The molecule has 0 saturated carbocycles. The molecular weight excluding hydrogens is 408 g/mol. The van der Waals surface area contributed by atoms with Gasteiger partial charge in [-0.05, 0) is 0 Å². The minimum Gasteiger partial charge on any atom is -0.433 e. The van der Waals surface area contributed by atoms with Crippen molar-refractivity contribution < 1.29 is 27.0 Å². The number of allylic oxidation sites excluding steroid dienone is 2. The summed E-state index contributed by atoms with van der Waals surface area (Å²) in [7, 11) is 0. The Balaban J connectivity index is 2.04. The first-order valence-corrected chi connectivity index (χ1v) is 7.72. The van der Waals surface area contributed by atoms with Gasteiger partial charge < -0.3 is 20.1 Å². The number of halogens is 4. The Morgan fingerprint density at radius 3 is 1.23 bits per heavy atom. The van der Waals surface area contributed by atoms with Crippen molar-refractivity contribution in [3.8, 4) is 35.8 Å². The van der Waals surface area contributed by atoms with Crippen LogP contribution in [-0.4, -0.2) is 0 Å². The minimum atomic E-state index is -1.52. The lowest BCUT2D eigenvalue weighted by Crippen LogP contribution is -2.01. The summed E-state index contributed by atoms with van der Waals surface area (Å²) in [6, 6.07) is 5.78. The lowest BCUT2D eigenvalue weighted by molar-refractivity contribution is 0.419. The van der Waals surface area contributed by atoms with E-state index < -0.39 is 79.8 Å². The van der Waals surface area contributed by atoms with Crippen LogP contribution in [0.2, 0.25) is 0 Å². The topological polar surface area (TPSA) is 138 Å². The number of rotatable bonds is 0. The molecule has 8 nitrogen and oxygen atoms in total. The normalized spacial score (nSPS) is 12.8. The molecule has 30 heavy (non-hydrogen) atoms. The number of hydrogen-bond acceptors (Lipinski definition) is 8. The van der Waals surface area contributed by atoms with Crippen LogP contribution in [0.5, 0.6) is 11.5 Å². The summed E-state index contributed by atoms with van der Waals surface area (Å²) in [6.07, 6.45) is 0. The predicted molar refractivity (Wildman–Crippen MR) is 88.8 cm³/mol. The lowest BCUT2D eigenvalue weighted by atomic mass is 10.0. The van der Waals surface area contributed by atoms with Crippen LogP contribution in [0, 0.1) is 68.6 Å². The quantitative estimate of drug-likeness (QED) is 0.497. The fourth-order valence-electron chi connectivity index (χ4n) is 2.90. The van der Waals surface area contributed by atoms with E-state index >= 15 is 0 Å². The van der Waals surface area contributed by atoms with Crippen LogP contribution in [0.25, 0.3) is 10.8 Å². The van der Waals surface area contributed by atoms with E-state index in [2.05, 4.69) is 10.6 Å². The number of nitrogens with zero attached hydrogens (tertiary/aromatic N) is 4. The van der Waals surface area contributed by atoms with Gasteiger partial charge in [-0.2, -0.15) is 21.0 Å². The van der Waals surface area contributed by atoms with E-state index in [9.17, 15) is 17.6 Å². The highest BCUT2D eigenvalue weighted by Crippen LogP contribution is 2.50. The first-order chi connectivity index (χ1) is 14.4. The Bertz CT molecular complexity index is 1230. The second-order valence-electron chi connectivity index (χ2n) is 5.72. The molecule has 0 unspecified atom stereocenters. The summed E-state index contributed by atoms with van der Waals surface area (Å²) in [5, 5.41) is 37.5. The molecule has 2 N–H and O–H groups in total. The minimum absolute atomic E-state index is 0.608. The van der Waals surface area contributed by atoms with Crippen molar-refractivity contribution in [1.82, 2.24) is 0 Å². The van der Waals surface area contributed by atoms with Gasteiger partial charge in [-0.15, -0.1) is 0 Å². The van der Waals surface area contributed by atoms with Crippen molar-refractivity contribution in [1.29, 1.82) is 21.0 Å². The Labute approximate surface area is 163 Å². The fraction of sp³-hybridized carbons (Fsp3) is 0. The van der Waals surface area contributed by atoms with Crippen LogP contribution >= 0.6 is 0 Å². The van der Waals surface area contributed by atoms with Crippen LogP contribution in [0.4, 0.5) is 28.9 Å². The van der Waals surface area contributed by atoms with Crippen LogP contribution in [0.3, 0.4) is 0 Å². The lowest BCUT2D eigenvalue weighted by Gasteiger charge is -2.10. The maximum atomic E-state index is 15.0. The Morgan fingerprint density at radius 1 is 0.600 bits per heavy atom. The third-order valence-electron chi connectivity index (χ3n) is 4.21. The molecule has 0 aromatic heterocycles. The molecule has 0 radical (unpaired) electrons. The second kappa shape index (κ2) is 6.30. The number of ether oxygens (including phenoxy) is 2. The van der Waals surface area contributed by atoms with Crippen LogP contribution in [0.1, 0.15) is 0 Å². The van der Waals surface area contributed by atoms with Gasteiger partial charge in [0.05, 0.1) is 10.8 Å². The highest BCUT2D eigenvalue weighted by Gasteiger charge is 2.38. The smallest absolute Gasteiger partial charge is 0.227 e. The summed E-state index contributed by atoms with van der Waals surface area (Å²) in [5.41, 5.74) is -2.82. The number of benzene rings is 2. The van der Waals surface area contributed by atoms with E-state index in [0.717, 1.165) is 0 Å². The van der Waals surface area contributed by atoms with Gasteiger partial charge in [-0.1, -0.05) is 0 Å². The Morgan fingerprint density at radius 2 is 0.933 bits per heavy atom. The second-order valence-corrected chi connectivity index (χ2v) is 5.72. The highest BCUT2D eigenvalue weighted by atomic mass is 19.1. The fourth-order valence-corrected chi connectivity index (χ4v) is 2.90. The van der Waals surface area contributed by atoms with Crippen molar-refractivity contribution >= 4 is 22.1 Å². The van der Waals surface area contributed by atoms with Crippen molar-refractivity contribution in [3.05, 3.63) is 46.2 Å². The SMILES string of the molecule is N#CC(C#N)=C1Nc2c(c(F)c3c(F)c4c(c(F)c3c2F)OC(=C(C#N)C#N)N4)O1. The summed E-state index contributed by atoms with van der Waals surface area (Å²) in [6.45, 7) is 0. The predicted octanol–water partition coefficient (Wildman–Crippen LogP) is 3.52. The van der Waals surface area contributed by atoms with E-state index in [0.29, 0.717) is 0 Å². The molecular formula is C18H2F4N6O2. The number of nitrogens with one attached hydrogen (secondary N) is 2. The molecule has 0 saturated heterocycles. The van der Waals surface area contributed by atoms with E-state index in [1.165, 1.54) is 24.3 Å². The summed E-state index contributed by atoms with van der Waals surface area (Å²) >= 11 is 0. The largest absolute Gasteiger partial charge is 0.433 e. The molecule has 2 aliphatic rings. The molecule has 0 spiro atoms. The molecule has 0 aliphatic carbocycles. The zero-order valence-electron chi connectivity index (χ0n) is 14.1. The van der Waals surface area contributed by atoms with Gasteiger partial charge >= 0.3 is 0 Å². The van der Waals surface area contributed by atoms with Crippen molar-refractivity contribution in [2.75, 3.05) is 10.6 Å². The van der Waals surface area contributed by atoms with Gasteiger partial charge in [0.2, 0.25) is 11.8 Å². The van der Waals surface area contributed by atoms with Crippen LogP contribution < -0.4 is 20.1 Å². The van der Waals surface area contributed by atoms with Gasteiger partial charge in [-0.25, -0.2) is 17.6 Å². The maximum absolute atomic E-state index is 15.0. The molecule has 12 heteroatoms. The van der Waals surface area contributed by atoms with Crippen molar-refractivity contribution in [3.63, 3.8) is 0 Å². The molecule has 2 aliphatic heterocycles. The first kappa shape index (κ1) is 18.4. The van der Waals surface area contributed by atoms with E-state index in [4.69, 9.17) is 30.5 Å². The Hall–Kier alpha value is -4.94. The van der Waals surface area contributed by atoms with Gasteiger partial charge in [0.25, 0.3) is 0 Å². The van der Waals surface area contributed by atoms with Crippen molar-refractivity contribution in [2.24, 2.45) is 0 Å². The van der Waals surface area contributed by atoms with E-state index in [-0.39, 0.29) is 0 Å². The Kier molecular flexibility index (Phi) is 3.87. The molecule has 2 heterocycles.